The Labute approximate surface area is 151 Å². The molecule has 1 saturated heterocycles. The number of hydrogen-bond acceptors (Lipinski definition) is 2. The molecule has 2 aromatic rings. The zero-order valence-electron chi connectivity index (χ0n) is 12.2. The summed E-state index contributed by atoms with van der Waals surface area (Å²) < 4.78 is 12.2. The Hall–Kier alpha value is -0.0553. The monoisotopic (exact) mass is 418 g/mol. The minimum absolute atomic E-state index is 0. The van der Waals surface area contributed by atoms with Crippen molar-refractivity contribution < 1.29 is 47.0 Å². The van der Waals surface area contributed by atoms with Gasteiger partial charge in [-0.25, -0.2) is 0 Å². The first kappa shape index (κ1) is 16.3. The Bertz CT molecular complexity index is 603. The van der Waals surface area contributed by atoms with Crippen molar-refractivity contribution >= 4 is 23.4 Å². The second-order valence-corrected chi connectivity index (χ2v) is 6.09. The molecule has 0 aromatic heterocycles. The molecule has 0 spiro atoms. The molecule has 3 rings (SSSR count). The van der Waals surface area contributed by atoms with E-state index in [1.54, 1.807) is 0 Å². The Kier molecular flexibility index (Phi) is 4.59. The molecule has 0 atom stereocenters. The third-order valence-corrected chi connectivity index (χ3v) is 4.26. The molecule has 1 heterocycles. The van der Waals surface area contributed by atoms with Gasteiger partial charge in [0.25, 0.3) is 0 Å². The van der Waals surface area contributed by atoms with E-state index in [1.165, 1.54) is 5.39 Å². The molecule has 109 valence electrons. The molecule has 0 N–H and O–H groups in total. The molecule has 4 heteroatoms. The molecule has 20 heavy (non-hydrogen) atoms. The van der Waals surface area contributed by atoms with Gasteiger partial charge in [0.15, 0.2) is 0 Å². The SMILES string of the molecule is CC1(C)OB(c2c[c-]cc3ccccc23)OC1(C)C.[Ho]. The first-order chi connectivity index (χ1) is 8.91. The van der Waals surface area contributed by atoms with Crippen LogP contribution in [0.5, 0.6) is 0 Å². The molecule has 2 nitrogen and oxygen atoms in total. The Morgan fingerprint density at radius 3 is 2.20 bits per heavy atom. The maximum Gasteiger partial charge on any atom is 0.419 e. The Morgan fingerprint density at radius 2 is 1.55 bits per heavy atom. The van der Waals surface area contributed by atoms with Gasteiger partial charge in [-0.05, 0) is 27.7 Å². The smallest absolute Gasteiger partial charge is 0.410 e. The van der Waals surface area contributed by atoms with E-state index in [1.807, 2.05) is 24.3 Å². The third kappa shape index (κ3) is 2.67. The van der Waals surface area contributed by atoms with Gasteiger partial charge in [-0.1, -0.05) is 18.2 Å². The van der Waals surface area contributed by atoms with Gasteiger partial charge < -0.3 is 9.31 Å². The van der Waals surface area contributed by atoms with Crippen LogP contribution < -0.4 is 5.46 Å². The molecule has 0 unspecified atom stereocenters. The number of fused-ring (bicyclic) bond motifs is 1. The van der Waals surface area contributed by atoms with Crippen LogP contribution in [0, 0.1) is 43.8 Å². The second-order valence-electron chi connectivity index (χ2n) is 6.09. The molecule has 0 amide bonds. The number of benzene rings is 2. The second kappa shape index (κ2) is 5.62. The van der Waals surface area contributed by atoms with E-state index in [0.717, 1.165) is 10.8 Å². The maximum atomic E-state index is 6.12. The average Bonchev–Trinajstić information content (AvgIpc) is 2.58. The fourth-order valence-electron chi connectivity index (χ4n) is 2.35. The topological polar surface area (TPSA) is 18.5 Å². The summed E-state index contributed by atoms with van der Waals surface area (Å²) >= 11 is 0. The minimum atomic E-state index is -0.327. The predicted octanol–water partition coefficient (Wildman–Crippen LogP) is 2.94. The van der Waals surface area contributed by atoms with Crippen molar-refractivity contribution in [2.75, 3.05) is 0 Å². The van der Waals surface area contributed by atoms with Gasteiger partial charge in [0.2, 0.25) is 0 Å². The predicted molar refractivity (Wildman–Crippen MR) is 78.5 cm³/mol. The fraction of sp³-hybridized carbons (Fsp3) is 0.375. The van der Waals surface area contributed by atoms with Crippen LogP contribution in [0.2, 0.25) is 0 Å². The van der Waals surface area contributed by atoms with E-state index in [4.69, 9.17) is 9.31 Å². The van der Waals surface area contributed by atoms with Crippen LogP contribution in [0.15, 0.2) is 36.4 Å². The number of hydrogen-bond donors (Lipinski definition) is 0. The summed E-state index contributed by atoms with van der Waals surface area (Å²) in [5.74, 6) is 0. The van der Waals surface area contributed by atoms with Gasteiger partial charge in [0, 0.05) is 37.7 Å². The zero-order chi connectivity index (χ0) is 13.7. The van der Waals surface area contributed by atoms with Crippen molar-refractivity contribution in [2.24, 2.45) is 0 Å². The molecular formula is C16H18BHoO2-. The molecule has 0 bridgehead atoms. The third-order valence-electron chi connectivity index (χ3n) is 4.26. The molecule has 1 radical (unpaired) electrons. The molecule has 2 aromatic carbocycles. The van der Waals surface area contributed by atoms with E-state index in [9.17, 15) is 0 Å². The molecule has 0 aliphatic carbocycles. The van der Waals surface area contributed by atoms with Crippen molar-refractivity contribution in [1.82, 2.24) is 0 Å². The van der Waals surface area contributed by atoms with E-state index in [-0.39, 0.29) is 56.1 Å². The van der Waals surface area contributed by atoms with E-state index in [2.05, 4.69) is 45.9 Å². The van der Waals surface area contributed by atoms with Gasteiger partial charge >= 0.3 is 7.12 Å². The largest absolute Gasteiger partial charge is 0.419 e. The average molecular weight is 418 g/mol. The van der Waals surface area contributed by atoms with E-state index in [0.29, 0.717) is 0 Å². The number of rotatable bonds is 1. The van der Waals surface area contributed by atoms with Crippen LogP contribution in [0.25, 0.3) is 10.8 Å². The van der Waals surface area contributed by atoms with E-state index < -0.39 is 0 Å². The minimum Gasteiger partial charge on any atom is -0.410 e. The quantitative estimate of drug-likeness (QED) is 0.524. The summed E-state index contributed by atoms with van der Waals surface area (Å²) in [6, 6.07) is 15.4. The molecule has 1 aliphatic heterocycles. The van der Waals surface area contributed by atoms with Crippen LogP contribution in [0.1, 0.15) is 27.7 Å². The maximum absolute atomic E-state index is 6.12. The summed E-state index contributed by atoms with van der Waals surface area (Å²) in [5, 5.41) is 2.33. The fourth-order valence-corrected chi connectivity index (χ4v) is 2.35. The van der Waals surface area contributed by atoms with Crippen molar-refractivity contribution in [3.05, 3.63) is 42.5 Å². The summed E-state index contributed by atoms with van der Waals surface area (Å²) in [5.41, 5.74) is 0.431. The normalized spacial score (nSPS) is 19.9. The standard InChI is InChI=1S/C16H18BO2.Ho/c1-15(2)16(3,4)19-17(18-15)14-11-7-9-12-8-5-6-10-13(12)14;/h5-6,8-11H,1-4H3;/q-1;. The van der Waals surface area contributed by atoms with Crippen molar-refractivity contribution in [2.45, 2.75) is 38.9 Å². The van der Waals surface area contributed by atoms with Crippen LogP contribution in [-0.4, -0.2) is 18.3 Å². The van der Waals surface area contributed by atoms with Gasteiger partial charge in [-0.15, -0.1) is 22.3 Å². The first-order valence-corrected chi connectivity index (χ1v) is 6.65. The molecular weight excluding hydrogens is 400 g/mol. The zero-order valence-corrected chi connectivity index (χ0v) is 14.1. The van der Waals surface area contributed by atoms with Gasteiger partial charge in [0.1, 0.15) is 0 Å². The molecule has 1 fully saturated rings. The summed E-state index contributed by atoms with van der Waals surface area (Å²) in [6.45, 7) is 8.29. The summed E-state index contributed by atoms with van der Waals surface area (Å²) in [7, 11) is -0.327. The van der Waals surface area contributed by atoms with Crippen molar-refractivity contribution in [3.63, 3.8) is 0 Å². The Morgan fingerprint density at radius 1 is 0.950 bits per heavy atom. The first-order valence-electron chi connectivity index (χ1n) is 6.65. The van der Waals surface area contributed by atoms with Crippen LogP contribution in [0.4, 0.5) is 0 Å². The Balaban J connectivity index is 0.00000147. The van der Waals surface area contributed by atoms with Gasteiger partial charge in [0.05, 0.1) is 11.2 Å². The van der Waals surface area contributed by atoms with Crippen molar-refractivity contribution in [1.29, 1.82) is 0 Å². The van der Waals surface area contributed by atoms with Gasteiger partial charge in [-0.2, -0.15) is 18.2 Å². The van der Waals surface area contributed by atoms with Gasteiger partial charge in [-0.3, -0.25) is 0 Å². The van der Waals surface area contributed by atoms with E-state index >= 15 is 0 Å². The summed E-state index contributed by atoms with van der Waals surface area (Å²) in [4.78, 5) is 0. The van der Waals surface area contributed by atoms with Crippen LogP contribution >= 0.6 is 0 Å². The van der Waals surface area contributed by atoms with Crippen LogP contribution in [0.3, 0.4) is 0 Å². The van der Waals surface area contributed by atoms with Crippen molar-refractivity contribution in [3.8, 4) is 0 Å². The molecule has 1 aliphatic rings. The van der Waals surface area contributed by atoms with Crippen LogP contribution in [-0.2, 0) is 9.31 Å². The summed E-state index contributed by atoms with van der Waals surface area (Å²) in [6.07, 6.45) is 0. The molecule has 0 saturated carbocycles.